The van der Waals surface area contributed by atoms with Gasteiger partial charge in [0.15, 0.2) is 0 Å². The van der Waals surface area contributed by atoms with Crippen LogP contribution in [0.25, 0.3) is 6.08 Å². The minimum absolute atomic E-state index is 0.449. The molecule has 0 aliphatic carbocycles. The number of nitrogens with zero attached hydrogens (tertiary/aromatic N) is 1. The van der Waals surface area contributed by atoms with Crippen LogP contribution >= 0.6 is 22.7 Å². The molecule has 106 valence electrons. The van der Waals surface area contributed by atoms with Crippen LogP contribution in [0.1, 0.15) is 21.6 Å². The van der Waals surface area contributed by atoms with Gasteiger partial charge < -0.3 is 5.73 Å². The van der Waals surface area contributed by atoms with Gasteiger partial charge in [-0.05, 0) is 36.6 Å². The molecule has 0 saturated carbocycles. The Labute approximate surface area is 125 Å². The van der Waals surface area contributed by atoms with Gasteiger partial charge in [0.25, 0.3) is 0 Å². The molecule has 0 radical (unpaired) electrons. The maximum absolute atomic E-state index is 10.8. The number of thiophene rings is 2. The Hall–Kier alpha value is -1.63. The van der Waals surface area contributed by atoms with Crippen molar-refractivity contribution < 1.29 is 10.0 Å². The molecule has 2 rings (SSSR count). The van der Waals surface area contributed by atoms with Crippen LogP contribution in [-0.2, 0) is 6.42 Å². The molecule has 0 fully saturated rings. The standard InChI is InChI=1S/C14H16N2O2S2/c1-10(16(18)14(15)17)4-5-11-6-7-13(20-11)9-12-3-2-8-19-12/h2-8,10,18H,9H2,1H3,(H2,15,17)/t10-/m1/s1. The van der Waals surface area contributed by atoms with E-state index >= 15 is 0 Å². The summed E-state index contributed by atoms with van der Waals surface area (Å²) in [4.78, 5) is 14.5. The van der Waals surface area contributed by atoms with Crippen molar-refractivity contribution in [1.82, 2.24) is 5.06 Å². The fourth-order valence-electron chi connectivity index (χ4n) is 1.68. The second-order valence-electron chi connectivity index (χ2n) is 4.34. The normalized spacial score (nSPS) is 12.7. The summed E-state index contributed by atoms with van der Waals surface area (Å²) in [5, 5.41) is 11.9. The first-order valence-corrected chi connectivity index (χ1v) is 7.82. The van der Waals surface area contributed by atoms with Gasteiger partial charge in [-0.15, -0.1) is 22.7 Å². The first-order valence-electron chi connectivity index (χ1n) is 6.13. The topological polar surface area (TPSA) is 66.6 Å². The average molecular weight is 308 g/mol. The third-order valence-electron chi connectivity index (χ3n) is 2.76. The van der Waals surface area contributed by atoms with Crippen molar-refractivity contribution in [2.45, 2.75) is 19.4 Å². The highest BCUT2D eigenvalue weighted by Gasteiger charge is 2.11. The smallest absolute Gasteiger partial charge is 0.339 e. The Balaban J connectivity index is 1.97. The number of nitrogens with two attached hydrogens (primary N) is 1. The SMILES string of the molecule is C[C@H](C=Cc1ccc(Cc2cccs2)s1)N(O)C(N)=O. The molecule has 0 aromatic carbocycles. The predicted octanol–water partition coefficient (Wildman–Crippen LogP) is 3.57. The van der Waals surface area contributed by atoms with E-state index in [2.05, 4.69) is 23.6 Å². The summed E-state index contributed by atoms with van der Waals surface area (Å²) in [6.45, 7) is 1.70. The summed E-state index contributed by atoms with van der Waals surface area (Å²) in [5.41, 5.74) is 4.99. The van der Waals surface area contributed by atoms with Crippen molar-refractivity contribution in [1.29, 1.82) is 0 Å². The Bertz CT molecular complexity index is 590. The van der Waals surface area contributed by atoms with Crippen molar-refractivity contribution in [3.8, 4) is 0 Å². The third-order valence-corrected chi connectivity index (χ3v) is 4.69. The highest BCUT2D eigenvalue weighted by Crippen LogP contribution is 2.23. The van der Waals surface area contributed by atoms with Gasteiger partial charge in [0, 0.05) is 21.1 Å². The Morgan fingerprint density at radius 2 is 2.25 bits per heavy atom. The molecule has 0 bridgehead atoms. The van der Waals surface area contributed by atoms with Crippen LogP contribution in [0, 0.1) is 0 Å². The molecule has 20 heavy (non-hydrogen) atoms. The number of hydroxylamine groups is 2. The molecule has 1 atom stereocenters. The van der Waals surface area contributed by atoms with Gasteiger partial charge in [0.05, 0.1) is 6.04 Å². The molecule has 2 aromatic heterocycles. The maximum Gasteiger partial charge on any atom is 0.339 e. The molecule has 0 aliphatic heterocycles. The van der Waals surface area contributed by atoms with E-state index in [1.165, 1.54) is 9.75 Å². The molecule has 0 unspecified atom stereocenters. The Kier molecular flexibility index (Phi) is 4.94. The monoisotopic (exact) mass is 308 g/mol. The van der Waals surface area contributed by atoms with Crippen LogP contribution in [0.3, 0.4) is 0 Å². The minimum Gasteiger partial charge on any atom is -0.350 e. The van der Waals surface area contributed by atoms with Crippen LogP contribution in [0.4, 0.5) is 4.79 Å². The lowest BCUT2D eigenvalue weighted by atomic mass is 10.2. The molecule has 2 aromatic rings. The number of carbonyl (C=O) groups excluding carboxylic acids is 1. The second kappa shape index (κ2) is 6.69. The van der Waals surface area contributed by atoms with Crippen molar-refractivity contribution in [3.05, 3.63) is 50.4 Å². The zero-order chi connectivity index (χ0) is 14.5. The van der Waals surface area contributed by atoms with Crippen LogP contribution in [0.15, 0.2) is 35.7 Å². The van der Waals surface area contributed by atoms with Gasteiger partial charge in [-0.25, -0.2) is 4.79 Å². The molecule has 2 heterocycles. The van der Waals surface area contributed by atoms with E-state index < -0.39 is 12.1 Å². The van der Waals surface area contributed by atoms with Gasteiger partial charge in [-0.3, -0.25) is 5.21 Å². The second-order valence-corrected chi connectivity index (χ2v) is 6.57. The lowest BCUT2D eigenvalue weighted by molar-refractivity contribution is -0.0560. The summed E-state index contributed by atoms with van der Waals surface area (Å²) in [7, 11) is 0. The predicted molar refractivity (Wildman–Crippen MR) is 83.1 cm³/mol. The summed E-state index contributed by atoms with van der Waals surface area (Å²) in [5.74, 6) is 0. The molecular formula is C14H16N2O2S2. The van der Waals surface area contributed by atoms with E-state index in [9.17, 15) is 10.0 Å². The highest BCUT2D eigenvalue weighted by atomic mass is 32.1. The number of hydrogen-bond donors (Lipinski definition) is 2. The van der Waals surface area contributed by atoms with Gasteiger partial charge in [-0.1, -0.05) is 12.1 Å². The molecule has 2 amide bonds. The third kappa shape index (κ3) is 3.93. The van der Waals surface area contributed by atoms with E-state index in [1.54, 1.807) is 35.7 Å². The van der Waals surface area contributed by atoms with Crippen molar-refractivity contribution in [2.24, 2.45) is 5.73 Å². The summed E-state index contributed by atoms with van der Waals surface area (Å²) < 4.78 is 0. The van der Waals surface area contributed by atoms with E-state index in [4.69, 9.17) is 5.73 Å². The van der Waals surface area contributed by atoms with Gasteiger partial charge in [0.1, 0.15) is 0 Å². The fourth-order valence-corrected chi connectivity index (χ4v) is 3.45. The number of primary amides is 1. The highest BCUT2D eigenvalue weighted by molar-refractivity contribution is 7.13. The lowest BCUT2D eigenvalue weighted by Crippen LogP contribution is -2.38. The van der Waals surface area contributed by atoms with Crippen LogP contribution in [0.2, 0.25) is 0 Å². The Morgan fingerprint density at radius 3 is 2.90 bits per heavy atom. The van der Waals surface area contributed by atoms with E-state index in [0.717, 1.165) is 11.3 Å². The first kappa shape index (κ1) is 14.8. The number of carbonyl (C=O) groups is 1. The fraction of sp³-hybridized carbons (Fsp3) is 0.214. The van der Waals surface area contributed by atoms with Crippen LogP contribution in [0.5, 0.6) is 0 Å². The van der Waals surface area contributed by atoms with Gasteiger partial charge in [0.2, 0.25) is 0 Å². The van der Waals surface area contributed by atoms with E-state index in [1.807, 2.05) is 12.1 Å². The first-order chi connectivity index (χ1) is 9.56. The molecule has 6 heteroatoms. The molecule has 0 saturated heterocycles. The molecule has 3 N–H and O–H groups in total. The number of hydrogen-bond acceptors (Lipinski definition) is 4. The van der Waals surface area contributed by atoms with Crippen molar-refractivity contribution in [3.63, 3.8) is 0 Å². The molecular weight excluding hydrogens is 292 g/mol. The van der Waals surface area contributed by atoms with Gasteiger partial charge in [-0.2, -0.15) is 5.06 Å². The number of urea groups is 1. The molecule has 4 nitrogen and oxygen atoms in total. The van der Waals surface area contributed by atoms with Crippen molar-refractivity contribution >= 4 is 34.8 Å². The zero-order valence-corrected chi connectivity index (χ0v) is 12.7. The molecule has 0 aliphatic rings. The summed E-state index contributed by atoms with van der Waals surface area (Å²) in [6.07, 6.45) is 4.57. The van der Waals surface area contributed by atoms with Crippen LogP contribution < -0.4 is 5.73 Å². The lowest BCUT2D eigenvalue weighted by Gasteiger charge is -2.16. The maximum atomic E-state index is 10.8. The van der Waals surface area contributed by atoms with Crippen LogP contribution in [-0.4, -0.2) is 22.3 Å². The molecule has 0 spiro atoms. The average Bonchev–Trinajstić information content (AvgIpc) is 3.07. The number of amides is 2. The summed E-state index contributed by atoms with van der Waals surface area (Å²) in [6, 6.07) is 7.00. The summed E-state index contributed by atoms with van der Waals surface area (Å²) >= 11 is 3.45. The largest absolute Gasteiger partial charge is 0.350 e. The van der Waals surface area contributed by atoms with Gasteiger partial charge >= 0.3 is 6.03 Å². The number of rotatable bonds is 5. The van der Waals surface area contributed by atoms with E-state index in [0.29, 0.717) is 5.06 Å². The quantitative estimate of drug-likeness (QED) is 0.655. The minimum atomic E-state index is -0.855. The Morgan fingerprint density at radius 1 is 1.45 bits per heavy atom. The van der Waals surface area contributed by atoms with Crippen molar-refractivity contribution in [2.75, 3.05) is 0 Å². The zero-order valence-electron chi connectivity index (χ0n) is 11.0. The van der Waals surface area contributed by atoms with E-state index in [-0.39, 0.29) is 0 Å².